The summed E-state index contributed by atoms with van der Waals surface area (Å²) >= 11 is 0. The molecule has 0 amide bonds. The Labute approximate surface area is 62.6 Å². The van der Waals surface area contributed by atoms with Crippen molar-refractivity contribution in [3.63, 3.8) is 0 Å². The molecule has 1 unspecified atom stereocenters. The van der Waals surface area contributed by atoms with E-state index in [0.717, 1.165) is 19.4 Å². The predicted molar refractivity (Wildman–Crippen MR) is 41.9 cm³/mol. The standard InChI is InChI=1S/C8H17NO/c1-2-3-7-4-5-8(10)6-9-7/h7-10H,2-6H2,1H3/t7?,8-/m1/s1. The van der Waals surface area contributed by atoms with Crippen molar-refractivity contribution in [2.45, 2.75) is 44.8 Å². The fourth-order valence-corrected chi connectivity index (χ4v) is 1.50. The van der Waals surface area contributed by atoms with E-state index >= 15 is 0 Å². The van der Waals surface area contributed by atoms with Crippen LogP contribution in [0.15, 0.2) is 0 Å². The summed E-state index contributed by atoms with van der Waals surface area (Å²) in [6.07, 6.45) is 4.54. The number of hydrogen-bond donors (Lipinski definition) is 2. The Bertz CT molecular complexity index is 87.3. The molecular weight excluding hydrogens is 126 g/mol. The molecule has 10 heavy (non-hydrogen) atoms. The third-order valence-corrected chi connectivity index (χ3v) is 2.13. The van der Waals surface area contributed by atoms with Gasteiger partial charge in [-0.25, -0.2) is 0 Å². The molecule has 1 rings (SSSR count). The molecule has 2 N–H and O–H groups in total. The lowest BCUT2D eigenvalue weighted by atomic mass is 9.99. The molecule has 1 fully saturated rings. The van der Waals surface area contributed by atoms with Gasteiger partial charge in [-0.05, 0) is 19.3 Å². The number of piperidine rings is 1. The van der Waals surface area contributed by atoms with Crippen molar-refractivity contribution >= 4 is 0 Å². The van der Waals surface area contributed by atoms with Gasteiger partial charge in [-0.15, -0.1) is 0 Å². The zero-order chi connectivity index (χ0) is 7.40. The van der Waals surface area contributed by atoms with Gasteiger partial charge in [0.2, 0.25) is 0 Å². The molecule has 2 atom stereocenters. The summed E-state index contributed by atoms with van der Waals surface area (Å²) in [5.74, 6) is 0. The van der Waals surface area contributed by atoms with Crippen LogP contribution in [0.5, 0.6) is 0 Å². The van der Waals surface area contributed by atoms with Crippen molar-refractivity contribution in [3.8, 4) is 0 Å². The molecule has 0 saturated carbocycles. The second-order valence-electron chi connectivity index (χ2n) is 3.13. The summed E-state index contributed by atoms with van der Waals surface area (Å²) in [7, 11) is 0. The van der Waals surface area contributed by atoms with Gasteiger partial charge in [0.25, 0.3) is 0 Å². The van der Waals surface area contributed by atoms with Gasteiger partial charge in [0, 0.05) is 12.6 Å². The number of hydrogen-bond acceptors (Lipinski definition) is 2. The average Bonchev–Trinajstić information content (AvgIpc) is 1.95. The van der Waals surface area contributed by atoms with Crippen LogP contribution >= 0.6 is 0 Å². The summed E-state index contributed by atoms with van der Waals surface area (Å²) < 4.78 is 0. The Kier molecular flexibility index (Phi) is 3.16. The van der Waals surface area contributed by atoms with Gasteiger partial charge < -0.3 is 10.4 Å². The number of nitrogens with one attached hydrogen (secondary N) is 1. The van der Waals surface area contributed by atoms with Gasteiger partial charge in [-0.3, -0.25) is 0 Å². The van der Waals surface area contributed by atoms with Crippen molar-refractivity contribution in [2.24, 2.45) is 0 Å². The maximum absolute atomic E-state index is 9.13. The van der Waals surface area contributed by atoms with Gasteiger partial charge in [0.05, 0.1) is 6.10 Å². The first-order chi connectivity index (χ1) is 4.83. The van der Waals surface area contributed by atoms with Crippen LogP contribution in [0.2, 0.25) is 0 Å². The van der Waals surface area contributed by atoms with E-state index < -0.39 is 0 Å². The Morgan fingerprint density at radius 2 is 2.30 bits per heavy atom. The van der Waals surface area contributed by atoms with Crippen LogP contribution in [0.25, 0.3) is 0 Å². The van der Waals surface area contributed by atoms with Gasteiger partial charge in [0.15, 0.2) is 0 Å². The van der Waals surface area contributed by atoms with E-state index in [9.17, 15) is 0 Å². The van der Waals surface area contributed by atoms with Gasteiger partial charge in [-0.2, -0.15) is 0 Å². The normalized spacial score (nSPS) is 34.2. The molecule has 1 heterocycles. The van der Waals surface area contributed by atoms with E-state index in [1.54, 1.807) is 0 Å². The van der Waals surface area contributed by atoms with Crippen LogP contribution in [0.4, 0.5) is 0 Å². The summed E-state index contributed by atoms with van der Waals surface area (Å²) in [6.45, 7) is 3.00. The smallest absolute Gasteiger partial charge is 0.0665 e. The van der Waals surface area contributed by atoms with E-state index in [-0.39, 0.29) is 6.10 Å². The van der Waals surface area contributed by atoms with Crippen molar-refractivity contribution in [3.05, 3.63) is 0 Å². The highest BCUT2D eigenvalue weighted by Gasteiger charge is 2.16. The van der Waals surface area contributed by atoms with E-state index in [1.807, 2.05) is 0 Å². The summed E-state index contributed by atoms with van der Waals surface area (Å²) in [5, 5.41) is 12.5. The molecule has 0 radical (unpaired) electrons. The summed E-state index contributed by atoms with van der Waals surface area (Å²) in [4.78, 5) is 0. The zero-order valence-corrected chi connectivity index (χ0v) is 6.64. The molecular formula is C8H17NO. The minimum absolute atomic E-state index is 0.0897. The van der Waals surface area contributed by atoms with Crippen molar-refractivity contribution in [2.75, 3.05) is 6.54 Å². The van der Waals surface area contributed by atoms with Crippen molar-refractivity contribution < 1.29 is 5.11 Å². The molecule has 0 spiro atoms. The maximum atomic E-state index is 9.13. The predicted octanol–water partition coefficient (Wildman–Crippen LogP) is 0.899. The maximum Gasteiger partial charge on any atom is 0.0665 e. The molecule has 1 saturated heterocycles. The van der Waals surface area contributed by atoms with Gasteiger partial charge >= 0.3 is 0 Å². The molecule has 0 bridgehead atoms. The first kappa shape index (κ1) is 8.02. The Hall–Kier alpha value is -0.0800. The van der Waals surface area contributed by atoms with Crippen LogP contribution in [0.3, 0.4) is 0 Å². The topological polar surface area (TPSA) is 32.3 Å². The molecule has 2 heteroatoms. The second kappa shape index (κ2) is 3.94. The molecule has 0 aliphatic carbocycles. The monoisotopic (exact) mass is 143 g/mol. The van der Waals surface area contributed by atoms with Crippen LogP contribution in [-0.2, 0) is 0 Å². The number of β-amino-alcohol motifs (C(OH)–C–C–N with tert-alkyl or cyclic N) is 1. The third-order valence-electron chi connectivity index (χ3n) is 2.13. The van der Waals surface area contributed by atoms with Gasteiger partial charge in [-0.1, -0.05) is 13.3 Å². The lowest BCUT2D eigenvalue weighted by molar-refractivity contribution is 0.124. The first-order valence-electron chi connectivity index (χ1n) is 4.24. The highest BCUT2D eigenvalue weighted by molar-refractivity contribution is 4.76. The average molecular weight is 143 g/mol. The Balaban J connectivity index is 2.13. The van der Waals surface area contributed by atoms with Crippen molar-refractivity contribution in [1.29, 1.82) is 0 Å². The van der Waals surface area contributed by atoms with E-state index in [2.05, 4.69) is 12.2 Å². The fraction of sp³-hybridized carbons (Fsp3) is 1.00. The summed E-state index contributed by atoms with van der Waals surface area (Å²) in [5.41, 5.74) is 0. The van der Waals surface area contributed by atoms with E-state index in [1.165, 1.54) is 12.8 Å². The third kappa shape index (κ3) is 2.27. The molecule has 0 aromatic carbocycles. The first-order valence-corrected chi connectivity index (χ1v) is 4.24. The van der Waals surface area contributed by atoms with Crippen LogP contribution in [0, 0.1) is 0 Å². The lowest BCUT2D eigenvalue weighted by Crippen LogP contribution is -2.41. The fourth-order valence-electron chi connectivity index (χ4n) is 1.50. The Morgan fingerprint density at radius 1 is 1.50 bits per heavy atom. The lowest BCUT2D eigenvalue weighted by Gasteiger charge is -2.26. The Morgan fingerprint density at radius 3 is 2.80 bits per heavy atom. The van der Waals surface area contributed by atoms with Crippen molar-refractivity contribution in [1.82, 2.24) is 5.32 Å². The highest BCUT2D eigenvalue weighted by atomic mass is 16.3. The largest absolute Gasteiger partial charge is 0.392 e. The molecule has 1 aliphatic heterocycles. The number of aliphatic hydroxyl groups excluding tert-OH is 1. The molecule has 60 valence electrons. The minimum atomic E-state index is -0.0897. The number of rotatable bonds is 2. The quantitative estimate of drug-likeness (QED) is 0.602. The SMILES string of the molecule is CCCC1CC[C@@H](O)CN1. The van der Waals surface area contributed by atoms with Crippen LogP contribution in [-0.4, -0.2) is 23.8 Å². The van der Waals surface area contributed by atoms with Crippen LogP contribution < -0.4 is 5.32 Å². The minimum Gasteiger partial charge on any atom is -0.392 e. The van der Waals surface area contributed by atoms with Gasteiger partial charge in [0.1, 0.15) is 0 Å². The zero-order valence-electron chi connectivity index (χ0n) is 6.64. The summed E-state index contributed by atoms with van der Waals surface area (Å²) in [6, 6.07) is 0.674. The van der Waals surface area contributed by atoms with Crippen LogP contribution in [0.1, 0.15) is 32.6 Å². The highest BCUT2D eigenvalue weighted by Crippen LogP contribution is 2.11. The van der Waals surface area contributed by atoms with E-state index in [0.29, 0.717) is 6.04 Å². The molecule has 1 aliphatic rings. The molecule has 0 aromatic rings. The van der Waals surface area contributed by atoms with E-state index in [4.69, 9.17) is 5.11 Å². The molecule has 2 nitrogen and oxygen atoms in total. The second-order valence-corrected chi connectivity index (χ2v) is 3.13. The molecule has 0 aromatic heterocycles. The number of aliphatic hydroxyl groups is 1.